The van der Waals surface area contributed by atoms with Gasteiger partial charge in [-0.05, 0) is 64.2 Å². The summed E-state index contributed by atoms with van der Waals surface area (Å²) in [6.07, 6.45) is 48.8. The summed E-state index contributed by atoms with van der Waals surface area (Å²) in [6, 6.07) is -0.735. The molecule has 0 radical (unpaired) electrons. The summed E-state index contributed by atoms with van der Waals surface area (Å²) in [4.78, 5) is 36.8. The number of carboxylic acids is 1. The minimum Gasteiger partial charge on any atom is -0.544 e. The smallest absolute Gasteiger partial charge is 0.306 e. The van der Waals surface area contributed by atoms with Crippen LogP contribution in [-0.4, -0.2) is 75.5 Å². The van der Waals surface area contributed by atoms with E-state index in [9.17, 15) is 19.5 Å². The molecule has 0 amide bonds. The van der Waals surface area contributed by atoms with Crippen molar-refractivity contribution in [1.29, 1.82) is 0 Å². The molecule has 0 spiro atoms. The van der Waals surface area contributed by atoms with Crippen molar-refractivity contribution in [3.8, 4) is 0 Å². The van der Waals surface area contributed by atoms with E-state index in [1.807, 2.05) is 0 Å². The van der Waals surface area contributed by atoms with Gasteiger partial charge in [-0.2, -0.15) is 0 Å². The number of allylic oxidation sites excluding steroid dienone is 8. The molecule has 58 heavy (non-hydrogen) atoms. The van der Waals surface area contributed by atoms with E-state index in [1.54, 1.807) is 21.1 Å². The average Bonchev–Trinajstić information content (AvgIpc) is 3.18. The van der Waals surface area contributed by atoms with Crippen molar-refractivity contribution in [2.24, 2.45) is 0 Å². The molecule has 0 aromatic carbocycles. The summed E-state index contributed by atoms with van der Waals surface area (Å²) in [5.41, 5.74) is 0. The molecule has 0 aliphatic carbocycles. The van der Waals surface area contributed by atoms with Crippen LogP contribution < -0.4 is 5.11 Å². The second-order valence-corrected chi connectivity index (χ2v) is 17.0. The molecular weight excluding hydrogens is 727 g/mol. The predicted molar refractivity (Wildman–Crippen MR) is 240 cm³/mol. The molecule has 336 valence electrons. The Morgan fingerprint density at radius 2 is 0.983 bits per heavy atom. The van der Waals surface area contributed by atoms with Gasteiger partial charge in [-0.3, -0.25) is 9.59 Å². The van der Waals surface area contributed by atoms with Crippen LogP contribution in [0.1, 0.15) is 200 Å². The van der Waals surface area contributed by atoms with Crippen LogP contribution in [0.5, 0.6) is 0 Å². The third-order valence-corrected chi connectivity index (χ3v) is 10.4. The van der Waals surface area contributed by atoms with Crippen molar-refractivity contribution >= 4 is 17.9 Å². The lowest BCUT2D eigenvalue weighted by molar-refractivity contribution is -0.889. The van der Waals surface area contributed by atoms with Crippen molar-refractivity contribution in [2.45, 2.75) is 212 Å². The van der Waals surface area contributed by atoms with Gasteiger partial charge in [-0.1, -0.05) is 165 Å². The number of likely N-dealkylation sites (N-methyl/N-ethyl adjacent to an activating group) is 1. The van der Waals surface area contributed by atoms with E-state index in [1.165, 1.54) is 116 Å². The van der Waals surface area contributed by atoms with Gasteiger partial charge in [0.15, 0.2) is 6.10 Å². The Kier molecular flexibility index (Phi) is 39.1. The van der Waals surface area contributed by atoms with Crippen LogP contribution in [0.3, 0.4) is 0 Å². The second-order valence-electron chi connectivity index (χ2n) is 17.0. The van der Waals surface area contributed by atoms with Crippen LogP contribution in [0.4, 0.5) is 0 Å². The molecule has 0 N–H and O–H groups in total. The minimum atomic E-state index is -1.13. The normalized spacial score (nSPS) is 13.3. The molecule has 0 aromatic heterocycles. The van der Waals surface area contributed by atoms with Gasteiger partial charge in [0.2, 0.25) is 0 Å². The number of nitrogens with zero attached hydrogens (tertiary/aromatic N) is 1. The number of carbonyl (C=O) groups is 3. The quantitative estimate of drug-likeness (QED) is 0.0262. The van der Waals surface area contributed by atoms with E-state index in [4.69, 9.17) is 14.2 Å². The first-order valence-corrected chi connectivity index (χ1v) is 23.7. The Hall–Kier alpha value is -2.71. The maximum absolute atomic E-state index is 12.7. The van der Waals surface area contributed by atoms with E-state index >= 15 is 0 Å². The number of ether oxygens (including phenoxy) is 3. The lowest BCUT2D eigenvalue weighted by Gasteiger charge is -2.34. The number of esters is 2. The van der Waals surface area contributed by atoms with E-state index < -0.39 is 18.1 Å². The number of aliphatic carboxylic acids is 1. The monoisotopic (exact) mass is 816 g/mol. The van der Waals surface area contributed by atoms with Gasteiger partial charge in [0.1, 0.15) is 12.6 Å². The SMILES string of the molecule is CC/C=C/C/C=C/C/C=C/CCCC(=O)OC(COCCC(C(=O)[O-])[N+](C)(C)C)COC(=O)CCCCCCCCC/C=C/CCCCCCCCCCCCCC. The molecule has 0 rings (SSSR count). The molecule has 0 aromatic rings. The largest absolute Gasteiger partial charge is 0.544 e. The third kappa shape index (κ3) is 38.8. The van der Waals surface area contributed by atoms with Crippen LogP contribution in [0.15, 0.2) is 48.6 Å². The average molecular weight is 816 g/mol. The summed E-state index contributed by atoms with van der Waals surface area (Å²) in [5, 5.41) is 11.6. The molecule has 0 heterocycles. The number of unbranched alkanes of at least 4 members (excludes halogenated alkanes) is 20. The minimum absolute atomic E-state index is 0.0187. The standard InChI is InChI=1S/C50H89NO7/c1-6-8-10-12-14-16-18-19-20-21-22-23-24-25-26-27-28-29-31-32-34-36-38-40-48(52)57-45-46(44-56-43-42-47(50(54)55)51(3,4)5)58-49(53)41-39-37-35-33-30-17-15-13-11-9-7-2/h9,11,15,17,25-26,33,35,46-47H,6-8,10,12-14,16,18-24,27-32,34,36-45H2,1-5H3/b11-9+,17-15+,26-25+,35-33+. The van der Waals surface area contributed by atoms with E-state index in [0.29, 0.717) is 12.8 Å². The molecule has 0 bridgehead atoms. The molecule has 8 nitrogen and oxygen atoms in total. The Morgan fingerprint density at radius 3 is 1.50 bits per heavy atom. The summed E-state index contributed by atoms with van der Waals surface area (Å²) in [7, 11) is 5.38. The van der Waals surface area contributed by atoms with Gasteiger partial charge in [0, 0.05) is 19.3 Å². The summed E-state index contributed by atoms with van der Waals surface area (Å²) in [5.74, 6) is -1.81. The number of quaternary nitrogens is 1. The Morgan fingerprint density at radius 1 is 0.534 bits per heavy atom. The molecule has 0 saturated heterocycles. The molecule has 2 atom stereocenters. The summed E-state index contributed by atoms with van der Waals surface area (Å²) in [6.45, 7) is 4.49. The van der Waals surface area contributed by atoms with Gasteiger partial charge in [-0.25, -0.2) is 0 Å². The fourth-order valence-electron chi connectivity index (χ4n) is 6.80. The van der Waals surface area contributed by atoms with Gasteiger partial charge in [0.05, 0.1) is 40.3 Å². The highest BCUT2D eigenvalue weighted by Crippen LogP contribution is 2.15. The van der Waals surface area contributed by atoms with Crippen molar-refractivity contribution in [2.75, 3.05) is 41.0 Å². The maximum atomic E-state index is 12.7. The fourth-order valence-corrected chi connectivity index (χ4v) is 6.80. The third-order valence-electron chi connectivity index (χ3n) is 10.4. The Balaban J connectivity index is 4.21. The first-order valence-electron chi connectivity index (χ1n) is 23.7. The molecule has 0 saturated carbocycles. The Labute approximate surface area is 356 Å². The van der Waals surface area contributed by atoms with Crippen LogP contribution in [0.25, 0.3) is 0 Å². The van der Waals surface area contributed by atoms with E-state index in [2.05, 4.69) is 62.5 Å². The van der Waals surface area contributed by atoms with Crippen LogP contribution in [0.2, 0.25) is 0 Å². The predicted octanol–water partition coefficient (Wildman–Crippen LogP) is 11.9. The highest BCUT2D eigenvalue weighted by atomic mass is 16.6. The summed E-state index contributed by atoms with van der Waals surface area (Å²) < 4.78 is 17.1. The number of rotatable bonds is 42. The zero-order valence-corrected chi connectivity index (χ0v) is 38.2. The van der Waals surface area contributed by atoms with Gasteiger partial charge in [-0.15, -0.1) is 0 Å². The van der Waals surface area contributed by atoms with E-state index in [0.717, 1.165) is 44.9 Å². The van der Waals surface area contributed by atoms with Crippen molar-refractivity contribution < 1.29 is 38.2 Å². The lowest BCUT2D eigenvalue weighted by atomic mass is 10.0. The second kappa shape index (κ2) is 41.0. The lowest BCUT2D eigenvalue weighted by Crippen LogP contribution is -2.55. The zero-order valence-electron chi connectivity index (χ0n) is 38.2. The molecule has 0 aliphatic rings. The maximum Gasteiger partial charge on any atom is 0.306 e. The number of carboxylic acid groups (broad SMARTS) is 1. The van der Waals surface area contributed by atoms with Gasteiger partial charge in [0.25, 0.3) is 0 Å². The zero-order chi connectivity index (χ0) is 42.8. The van der Waals surface area contributed by atoms with Crippen LogP contribution >= 0.6 is 0 Å². The highest BCUT2D eigenvalue weighted by Gasteiger charge is 2.25. The summed E-state index contributed by atoms with van der Waals surface area (Å²) >= 11 is 0. The first-order chi connectivity index (χ1) is 28.1. The molecule has 0 aliphatic heterocycles. The fraction of sp³-hybridized carbons (Fsp3) is 0.780. The van der Waals surface area contributed by atoms with Crippen LogP contribution in [-0.2, 0) is 28.6 Å². The first kappa shape index (κ1) is 55.3. The number of hydrogen-bond donors (Lipinski definition) is 0. The van der Waals surface area contributed by atoms with Gasteiger partial charge >= 0.3 is 11.9 Å². The van der Waals surface area contributed by atoms with Crippen molar-refractivity contribution in [3.05, 3.63) is 48.6 Å². The molecule has 0 fully saturated rings. The Bertz CT molecular complexity index is 1090. The number of hydrogen-bond acceptors (Lipinski definition) is 7. The molecular formula is C50H89NO7. The number of carbonyl (C=O) groups excluding carboxylic acids is 3. The molecule has 8 heteroatoms. The highest BCUT2D eigenvalue weighted by molar-refractivity contribution is 5.70. The van der Waals surface area contributed by atoms with E-state index in [-0.39, 0.29) is 49.1 Å². The molecule has 2 unspecified atom stereocenters. The topological polar surface area (TPSA) is 102 Å². The van der Waals surface area contributed by atoms with Crippen molar-refractivity contribution in [3.63, 3.8) is 0 Å². The van der Waals surface area contributed by atoms with Crippen LogP contribution in [0, 0.1) is 0 Å². The van der Waals surface area contributed by atoms with Gasteiger partial charge < -0.3 is 28.6 Å². The van der Waals surface area contributed by atoms with Crippen molar-refractivity contribution in [1.82, 2.24) is 0 Å².